The molecule has 0 aliphatic heterocycles. The highest BCUT2D eigenvalue weighted by Gasteiger charge is 2.15. The van der Waals surface area contributed by atoms with Gasteiger partial charge in [-0.25, -0.2) is 0 Å². The van der Waals surface area contributed by atoms with Crippen molar-refractivity contribution >= 4 is 6.29 Å². The smallest absolute Gasteiger partial charge is 0.136 e. The third-order valence-electron chi connectivity index (χ3n) is 2.66. The van der Waals surface area contributed by atoms with Gasteiger partial charge in [0.2, 0.25) is 0 Å². The van der Waals surface area contributed by atoms with E-state index in [9.17, 15) is 4.79 Å². The zero-order chi connectivity index (χ0) is 8.81. The number of carbonyl (C=O) groups excluding carboxylic acids is 1. The highest BCUT2D eigenvalue weighted by atomic mass is 16.1. The summed E-state index contributed by atoms with van der Waals surface area (Å²) in [5, 5.41) is 3.39. The molecule has 1 fully saturated rings. The van der Waals surface area contributed by atoms with Crippen LogP contribution in [-0.2, 0) is 4.79 Å². The zero-order valence-electron chi connectivity index (χ0n) is 7.88. The standard InChI is InChI=1S/C10H19NO/c1-2-9(8-12)11-10-6-4-3-5-7-10/h8-11H,2-7H2,1H3. The molecule has 1 rings (SSSR count). The van der Waals surface area contributed by atoms with Gasteiger partial charge in [-0.15, -0.1) is 0 Å². The van der Waals surface area contributed by atoms with Gasteiger partial charge in [0.15, 0.2) is 0 Å². The Bertz CT molecular complexity index is 130. The number of aldehydes is 1. The van der Waals surface area contributed by atoms with Crippen LogP contribution in [-0.4, -0.2) is 18.4 Å². The van der Waals surface area contributed by atoms with Crippen molar-refractivity contribution in [1.82, 2.24) is 5.32 Å². The van der Waals surface area contributed by atoms with Crippen LogP contribution in [0.5, 0.6) is 0 Å². The second-order valence-electron chi connectivity index (χ2n) is 3.65. The van der Waals surface area contributed by atoms with Crippen LogP contribution < -0.4 is 5.32 Å². The van der Waals surface area contributed by atoms with E-state index in [2.05, 4.69) is 12.2 Å². The van der Waals surface area contributed by atoms with Crippen LogP contribution in [0.3, 0.4) is 0 Å². The van der Waals surface area contributed by atoms with Gasteiger partial charge in [-0.2, -0.15) is 0 Å². The normalized spacial score (nSPS) is 22.1. The Morgan fingerprint density at radius 1 is 1.42 bits per heavy atom. The average molecular weight is 169 g/mol. The molecule has 0 bridgehead atoms. The molecule has 1 N–H and O–H groups in total. The third kappa shape index (κ3) is 2.94. The van der Waals surface area contributed by atoms with E-state index >= 15 is 0 Å². The third-order valence-corrected chi connectivity index (χ3v) is 2.66. The molecule has 0 aromatic rings. The summed E-state index contributed by atoms with van der Waals surface area (Å²) in [6.07, 6.45) is 8.49. The molecular weight excluding hydrogens is 150 g/mol. The zero-order valence-corrected chi connectivity index (χ0v) is 7.88. The second-order valence-corrected chi connectivity index (χ2v) is 3.65. The van der Waals surface area contributed by atoms with E-state index in [-0.39, 0.29) is 6.04 Å². The largest absolute Gasteiger partial charge is 0.305 e. The Kier molecular flexibility index (Phi) is 4.30. The van der Waals surface area contributed by atoms with Crippen LogP contribution in [0.25, 0.3) is 0 Å². The van der Waals surface area contributed by atoms with Gasteiger partial charge in [0.1, 0.15) is 6.29 Å². The van der Waals surface area contributed by atoms with Crippen molar-refractivity contribution in [3.8, 4) is 0 Å². The summed E-state index contributed by atoms with van der Waals surface area (Å²) in [6, 6.07) is 0.696. The SMILES string of the molecule is CCC(C=O)NC1CCCCC1. The van der Waals surface area contributed by atoms with E-state index in [0.29, 0.717) is 6.04 Å². The van der Waals surface area contributed by atoms with Crippen molar-refractivity contribution in [2.24, 2.45) is 0 Å². The first-order chi connectivity index (χ1) is 5.86. The highest BCUT2D eigenvalue weighted by Crippen LogP contribution is 2.17. The molecule has 70 valence electrons. The van der Waals surface area contributed by atoms with Crippen molar-refractivity contribution in [2.75, 3.05) is 0 Å². The summed E-state index contributed by atoms with van der Waals surface area (Å²) in [7, 11) is 0. The van der Waals surface area contributed by atoms with Crippen molar-refractivity contribution in [1.29, 1.82) is 0 Å². The molecule has 0 radical (unpaired) electrons. The molecule has 0 aromatic carbocycles. The van der Waals surface area contributed by atoms with Crippen molar-refractivity contribution in [2.45, 2.75) is 57.5 Å². The monoisotopic (exact) mass is 169 g/mol. The number of nitrogens with one attached hydrogen (secondary N) is 1. The predicted molar refractivity (Wildman–Crippen MR) is 50.2 cm³/mol. The van der Waals surface area contributed by atoms with E-state index in [0.717, 1.165) is 12.7 Å². The Hall–Kier alpha value is -0.370. The Morgan fingerprint density at radius 2 is 2.08 bits per heavy atom. The van der Waals surface area contributed by atoms with Gasteiger partial charge >= 0.3 is 0 Å². The van der Waals surface area contributed by atoms with Gasteiger partial charge in [-0.1, -0.05) is 26.2 Å². The molecule has 2 heteroatoms. The molecule has 12 heavy (non-hydrogen) atoms. The maximum Gasteiger partial charge on any atom is 0.136 e. The topological polar surface area (TPSA) is 29.1 Å². The molecule has 1 atom stereocenters. The van der Waals surface area contributed by atoms with Crippen LogP contribution in [0.4, 0.5) is 0 Å². The quantitative estimate of drug-likeness (QED) is 0.651. The number of hydrogen-bond donors (Lipinski definition) is 1. The predicted octanol–water partition coefficient (Wildman–Crippen LogP) is 1.89. The lowest BCUT2D eigenvalue weighted by Gasteiger charge is -2.25. The Balaban J connectivity index is 2.22. The number of carbonyl (C=O) groups is 1. The molecule has 0 spiro atoms. The molecule has 0 heterocycles. The molecule has 1 saturated carbocycles. The first kappa shape index (κ1) is 9.72. The fraction of sp³-hybridized carbons (Fsp3) is 0.900. The fourth-order valence-electron chi connectivity index (χ4n) is 1.83. The second kappa shape index (κ2) is 5.31. The van der Waals surface area contributed by atoms with E-state index < -0.39 is 0 Å². The van der Waals surface area contributed by atoms with Gasteiger partial charge in [0.25, 0.3) is 0 Å². The molecule has 1 aliphatic rings. The molecule has 1 unspecified atom stereocenters. The summed E-state index contributed by atoms with van der Waals surface area (Å²) in [5.74, 6) is 0. The summed E-state index contributed by atoms with van der Waals surface area (Å²) in [5.41, 5.74) is 0. The summed E-state index contributed by atoms with van der Waals surface area (Å²) >= 11 is 0. The van der Waals surface area contributed by atoms with E-state index in [4.69, 9.17) is 0 Å². The molecular formula is C10H19NO. The summed E-state index contributed by atoms with van der Waals surface area (Å²) < 4.78 is 0. The van der Waals surface area contributed by atoms with Gasteiger partial charge in [-0.05, 0) is 19.3 Å². The first-order valence-corrected chi connectivity index (χ1v) is 5.08. The lowest BCUT2D eigenvalue weighted by Crippen LogP contribution is -2.39. The Labute approximate surface area is 74.7 Å². The van der Waals surface area contributed by atoms with Crippen LogP contribution in [0, 0.1) is 0 Å². The minimum atomic E-state index is 0.0908. The Morgan fingerprint density at radius 3 is 2.58 bits per heavy atom. The van der Waals surface area contributed by atoms with Crippen LogP contribution in [0.2, 0.25) is 0 Å². The molecule has 2 nitrogen and oxygen atoms in total. The molecule has 0 saturated heterocycles. The lowest BCUT2D eigenvalue weighted by atomic mass is 9.95. The minimum Gasteiger partial charge on any atom is -0.305 e. The first-order valence-electron chi connectivity index (χ1n) is 5.08. The summed E-state index contributed by atoms with van der Waals surface area (Å²) in [4.78, 5) is 10.5. The molecule has 0 aromatic heterocycles. The minimum absolute atomic E-state index is 0.0908. The van der Waals surface area contributed by atoms with Crippen molar-refractivity contribution in [3.05, 3.63) is 0 Å². The lowest BCUT2D eigenvalue weighted by molar-refractivity contribution is -0.109. The molecule has 0 amide bonds. The van der Waals surface area contributed by atoms with Crippen LogP contribution in [0.15, 0.2) is 0 Å². The fourth-order valence-corrected chi connectivity index (χ4v) is 1.83. The van der Waals surface area contributed by atoms with E-state index in [1.165, 1.54) is 32.1 Å². The highest BCUT2D eigenvalue weighted by molar-refractivity contribution is 5.57. The average Bonchev–Trinajstić information content (AvgIpc) is 2.16. The van der Waals surface area contributed by atoms with Crippen LogP contribution in [0.1, 0.15) is 45.4 Å². The number of rotatable bonds is 4. The maximum absolute atomic E-state index is 10.5. The van der Waals surface area contributed by atoms with Crippen molar-refractivity contribution < 1.29 is 4.79 Å². The number of hydrogen-bond acceptors (Lipinski definition) is 2. The summed E-state index contributed by atoms with van der Waals surface area (Å²) in [6.45, 7) is 2.05. The van der Waals surface area contributed by atoms with Gasteiger partial charge in [0.05, 0.1) is 6.04 Å². The molecule has 1 aliphatic carbocycles. The maximum atomic E-state index is 10.5. The van der Waals surface area contributed by atoms with E-state index in [1.54, 1.807) is 0 Å². The van der Waals surface area contributed by atoms with Crippen LogP contribution >= 0.6 is 0 Å². The van der Waals surface area contributed by atoms with Gasteiger partial charge in [0, 0.05) is 6.04 Å². The van der Waals surface area contributed by atoms with Gasteiger partial charge < -0.3 is 10.1 Å². The van der Waals surface area contributed by atoms with E-state index in [1.807, 2.05) is 0 Å². The van der Waals surface area contributed by atoms with Gasteiger partial charge in [-0.3, -0.25) is 0 Å². The van der Waals surface area contributed by atoms with Crippen molar-refractivity contribution in [3.63, 3.8) is 0 Å².